The summed E-state index contributed by atoms with van der Waals surface area (Å²) in [6, 6.07) is 19.8. The van der Waals surface area contributed by atoms with Crippen LogP contribution in [0.3, 0.4) is 0 Å². The Balaban J connectivity index is 1.65. The minimum absolute atomic E-state index is 0.156. The van der Waals surface area contributed by atoms with E-state index in [0.717, 1.165) is 5.56 Å². The number of nitrogens with zero attached hydrogens (tertiary/aromatic N) is 1. The first-order valence-corrected chi connectivity index (χ1v) is 10.5. The van der Waals surface area contributed by atoms with Crippen molar-refractivity contribution in [2.24, 2.45) is 0 Å². The molecule has 1 unspecified atom stereocenters. The molecule has 0 aromatic heterocycles. The van der Waals surface area contributed by atoms with E-state index in [9.17, 15) is 9.59 Å². The van der Waals surface area contributed by atoms with Crippen LogP contribution in [0.15, 0.2) is 71.2 Å². The minimum Gasteiger partial charge on any atom is -0.479 e. The smallest absolute Gasteiger partial charge is 0.268 e. The number of halogens is 2. The molecule has 1 aliphatic heterocycles. The molecule has 1 atom stereocenters. The van der Waals surface area contributed by atoms with Crippen LogP contribution in [-0.4, -0.2) is 17.9 Å². The third-order valence-electron chi connectivity index (χ3n) is 4.77. The van der Waals surface area contributed by atoms with Gasteiger partial charge in [-0.2, -0.15) is 0 Å². The van der Waals surface area contributed by atoms with E-state index < -0.39 is 6.10 Å². The molecule has 0 fully saturated rings. The lowest BCUT2D eigenvalue weighted by molar-refractivity contribution is -0.125. The molecular weight excluding hydrogens is 468 g/mol. The van der Waals surface area contributed by atoms with Gasteiger partial charge < -0.3 is 15.0 Å². The van der Waals surface area contributed by atoms with Crippen molar-refractivity contribution in [3.05, 3.63) is 87.4 Å². The molecule has 0 spiro atoms. The van der Waals surface area contributed by atoms with E-state index in [-0.39, 0.29) is 11.8 Å². The molecule has 0 saturated carbocycles. The molecule has 5 nitrogen and oxygen atoms in total. The number of carbonyl (C=O) groups is 2. The Morgan fingerprint density at radius 3 is 2.70 bits per heavy atom. The van der Waals surface area contributed by atoms with Gasteiger partial charge in [-0.1, -0.05) is 35.9 Å². The number of fused-ring (bicyclic) bond motifs is 1. The molecule has 0 bridgehead atoms. The van der Waals surface area contributed by atoms with Gasteiger partial charge in [-0.3, -0.25) is 9.59 Å². The highest BCUT2D eigenvalue weighted by Gasteiger charge is 2.32. The van der Waals surface area contributed by atoms with Crippen molar-refractivity contribution in [2.45, 2.75) is 19.6 Å². The maximum atomic E-state index is 12.9. The molecule has 0 aliphatic carbocycles. The van der Waals surface area contributed by atoms with Crippen LogP contribution in [0.4, 0.5) is 11.4 Å². The lowest BCUT2D eigenvalue weighted by Crippen LogP contribution is -2.44. The lowest BCUT2D eigenvalue weighted by Gasteiger charge is -2.33. The largest absolute Gasteiger partial charge is 0.479 e. The molecule has 1 heterocycles. The van der Waals surface area contributed by atoms with E-state index in [1.54, 1.807) is 48.2 Å². The summed E-state index contributed by atoms with van der Waals surface area (Å²) < 4.78 is 6.47. The van der Waals surface area contributed by atoms with Crippen LogP contribution in [0.1, 0.15) is 22.8 Å². The van der Waals surface area contributed by atoms with Crippen molar-refractivity contribution >= 4 is 50.7 Å². The first-order valence-electron chi connectivity index (χ1n) is 9.35. The van der Waals surface area contributed by atoms with Gasteiger partial charge in [-0.25, -0.2) is 0 Å². The van der Waals surface area contributed by atoms with Crippen molar-refractivity contribution in [2.75, 3.05) is 10.2 Å². The molecule has 1 N–H and O–H groups in total. The van der Waals surface area contributed by atoms with Gasteiger partial charge in [-0.05, 0) is 70.9 Å². The van der Waals surface area contributed by atoms with Gasteiger partial charge in [0.15, 0.2) is 6.10 Å². The monoisotopic (exact) mass is 484 g/mol. The number of hydrogen-bond donors (Lipinski definition) is 1. The van der Waals surface area contributed by atoms with E-state index in [2.05, 4.69) is 21.2 Å². The molecular formula is C23H18BrClN2O3. The fourth-order valence-electron chi connectivity index (χ4n) is 3.31. The Hall–Kier alpha value is -2.83. The van der Waals surface area contributed by atoms with Crippen molar-refractivity contribution < 1.29 is 14.3 Å². The van der Waals surface area contributed by atoms with Crippen LogP contribution >= 0.6 is 27.5 Å². The Morgan fingerprint density at radius 2 is 1.93 bits per heavy atom. The summed E-state index contributed by atoms with van der Waals surface area (Å²) in [7, 11) is 0. The molecule has 3 aromatic carbocycles. The van der Waals surface area contributed by atoms with E-state index in [1.807, 2.05) is 30.3 Å². The Kier molecular flexibility index (Phi) is 5.79. The predicted octanol–water partition coefficient (Wildman–Crippen LogP) is 5.67. The summed E-state index contributed by atoms with van der Waals surface area (Å²) >= 11 is 9.49. The van der Waals surface area contributed by atoms with E-state index in [0.29, 0.717) is 38.7 Å². The summed E-state index contributed by atoms with van der Waals surface area (Å²) in [5.41, 5.74) is 2.59. The van der Waals surface area contributed by atoms with Crippen LogP contribution in [0.25, 0.3) is 0 Å². The van der Waals surface area contributed by atoms with Gasteiger partial charge in [-0.15, -0.1) is 0 Å². The van der Waals surface area contributed by atoms with Crippen LogP contribution in [0, 0.1) is 0 Å². The highest BCUT2D eigenvalue weighted by Crippen LogP contribution is 2.37. The van der Waals surface area contributed by atoms with Crippen molar-refractivity contribution in [3.63, 3.8) is 0 Å². The molecule has 4 rings (SSSR count). The number of ether oxygens (including phenoxy) is 1. The Bertz CT molecular complexity index is 1130. The summed E-state index contributed by atoms with van der Waals surface area (Å²) in [6.07, 6.45) is -0.600. The molecule has 1 aliphatic rings. The maximum Gasteiger partial charge on any atom is 0.268 e. The Morgan fingerprint density at radius 1 is 1.13 bits per heavy atom. The number of amides is 2. The number of benzene rings is 3. The van der Waals surface area contributed by atoms with Gasteiger partial charge in [0.25, 0.3) is 11.8 Å². The average molecular weight is 486 g/mol. The molecule has 3 aromatic rings. The number of anilines is 2. The molecule has 0 saturated heterocycles. The van der Waals surface area contributed by atoms with Gasteiger partial charge >= 0.3 is 0 Å². The standard InChI is InChI=1S/C23H18BrClN2O3/c1-14-23(29)27(13-15-5-4-6-16(25)11-15)20-12-17(9-10-21(20)30-14)26-22(28)18-7-2-3-8-19(18)24/h2-12,14H,13H2,1H3,(H,26,28). The fraction of sp³-hybridized carbons (Fsp3) is 0.130. The van der Waals surface area contributed by atoms with Crippen LogP contribution in [-0.2, 0) is 11.3 Å². The number of rotatable bonds is 4. The molecule has 2 amide bonds. The van der Waals surface area contributed by atoms with Crippen molar-refractivity contribution in [3.8, 4) is 5.75 Å². The highest BCUT2D eigenvalue weighted by molar-refractivity contribution is 9.10. The maximum absolute atomic E-state index is 12.9. The van der Waals surface area contributed by atoms with E-state index in [1.165, 1.54) is 0 Å². The zero-order valence-electron chi connectivity index (χ0n) is 16.1. The molecule has 30 heavy (non-hydrogen) atoms. The average Bonchev–Trinajstić information content (AvgIpc) is 2.72. The third kappa shape index (κ3) is 4.20. The lowest BCUT2D eigenvalue weighted by atomic mass is 10.1. The number of hydrogen-bond acceptors (Lipinski definition) is 3. The third-order valence-corrected chi connectivity index (χ3v) is 5.70. The topological polar surface area (TPSA) is 58.6 Å². The van der Waals surface area contributed by atoms with Gasteiger partial charge in [0, 0.05) is 15.2 Å². The zero-order chi connectivity index (χ0) is 21.3. The zero-order valence-corrected chi connectivity index (χ0v) is 18.4. The minimum atomic E-state index is -0.600. The van der Waals surface area contributed by atoms with Crippen LogP contribution < -0.4 is 15.0 Å². The normalized spacial score (nSPS) is 15.4. The summed E-state index contributed by atoms with van der Waals surface area (Å²) in [6.45, 7) is 2.07. The second-order valence-electron chi connectivity index (χ2n) is 6.93. The van der Waals surface area contributed by atoms with Gasteiger partial charge in [0.1, 0.15) is 5.75 Å². The summed E-state index contributed by atoms with van der Waals surface area (Å²) in [5.74, 6) is 0.181. The first kappa shape index (κ1) is 20.4. The van der Waals surface area contributed by atoms with Crippen LogP contribution in [0.2, 0.25) is 5.02 Å². The molecule has 152 valence electrons. The summed E-state index contributed by atoms with van der Waals surface area (Å²) in [5, 5.41) is 3.49. The van der Waals surface area contributed by atoms with Crippen LogP contribution in [0.5, 0.6) is 5.75 Å². The predicted molar refractivity (Wildman–Crippen MR) is 121 cm³/mol. The fourth-order valence-corrected chi connectivity index (χ4v) is 3.99. The summed E-state index contributed by atoms with van der Waals surface area (Å²) in [4.78, 5) is 27.2. The van der Waals surface area contributed by atoms with Crippen molar-refractivity contribution in [1.29, 1.82) is 0 Å². The Labute approximate surface area is 187 Å². The first-order chi connectivity index (χ1) is 14.4. The van der Waals surface area contributed by atoms with E-state index in [4.69, 9.17) is 16.3 Å². The van der Waals surface area contributed by atoms with Crippen molar-refractivity contribution in [1.82, 2.24) is 0 Å². The van der Waals surface area contributed by atoms with E-state index >= 15 is 0 Å². The molecule has 7 heteroatoms. The van der Waals surface area contributed by atoms with Gasteiger partial charge in [0.05, 0.1) is 17.8 Å². The number of nitrogens with one attached hydrogen (secondary N) is 1. The number of carbonyl (C=O) groups excluding carboxylic acids is 2. The van der Waals surface area contributed by atoms with Gasteiger partial charge in [0.2, 0.25) is 0 Å². The molecule has 0 radical (unpaired) electrons. The quantitative estimate of drug-likeness (QED) is 0.518. The second kappa shape index (κ2) is 8.50. The SMILES string of the molecule is CC1Oc2ccc(NC(=O)c3ccccc3Br)cc2N(Cc2cccc(Cl)c2)C1=O. The second-order valence-corrected chi connectivity index (χ2v) is 8.22. The highest BCUT2D eigenvalue weighted by atomic mass is 79.9.